The topological polar surface area (TPSA) is 33.6 Å². The van der Waals surface area contributed by atoms with Crippen molar-refractivity contribution in [2.75, 3.05) is 13.2 Å². The molecule has 0 radical (unpaired) electrons. The number of nitrogens with one attached hydrogen (secondary N) is 1. The third-order valence-electron chi connectivity index (χ3n) is 2.04. The first-order valence-electron chi connectivity index (χ1n) is 4.08. The highest BCUT2D eigenvalue weighted by Crippen LogP contribution is 2.28. The van der Waals surface area contributed by atoms with Gasteiger partial charge in [0.15, 0.2) is 11.6 Å². The van der Waals surface area contributed by atoms with Gasteiger partial charge in [0.1, 0.15) is 6.61 Å². The summed E-state index contributed by atoms with van der Waals surface area (Å²) < 4.78 is 5.52. The Morgan fingerprint density at radius 2 is 2.58 bits per heavy atom. The van der Waals surface area contributed by atoms with Crippen molar-refractivity contribution in [2.24, 2.45) is 10.9 Å². The highest BCUT2D eigenvalue weighted by atomic mass is 79.9. The Labute approximate surface area is 80.0 Å². The van der Waals surface area contributed by atoms with Crippen LogP contribution in [0.5, 0.6) is 0 Å². The molecule has 12 heavy (non-hydrogen) atoms. The van der Waals surface area contributed by atoms with Gasteiger partial charge in [-0.05, 0) is 0 Å². The van der Waals surface area contributed by atoms with Gasteiger partial charge in [-0.2, -0.15) is 0 Å². The molecule has 1 N–H and O–H groups in total. The summed E-state index contributed by atoms with van der Waals surface area (Å²) in [5.41, 5.74) is 0. The number of allylic oxidation sites excluding steroid dienone is 1. The maximum Gasteiger partial charge on any atom is 0.165 e. The lowest BCUT2D eigenvalue weighted by Gasteiger charge is -2.28. The van der Waals surface area contributed by atoms with Gasteiger partial charge in [0, 0.05) is 12.1 Å². The molecule has 3 nitrogen and oxygen atoms in total. The van der Waals surface area contributed by atoms with Gasteiger partial charge in [-0.25, -0.2) is 4.99 Å². The molecule has 2 aliphatic heterocycles. The Bertz CT molecular complexity index is 249. The second kappa shape index (κ2) is 3.09. The molecule has 0 spiro atoms. The third kappa shape index (κ3) is 1.24. The number of ether oxygens (including phenoxy) is 1. The molecule has 0 aromatic heterocycles. The molecule has 2 rings (SSSR count). The monoisotopic (exact) mass is 230 g/mol. The minimum atomic E-state index is 0.276. The van der Waals surface area contributed by atoms with E-state index in [1.807, 2.05) is 6.21 Å². The molecule has 0 saturated heterocycles. The molecular weight excluding hydrogens is 220 g/mol. The van der Waals surface area contributed by atoms with Crippen molar-refractivity contribution >= 4 is 22.1 Å². The van der Waals surface area contributed by atoms with Crippen LogP contribution in [-0.2, 0) is 4.74 Å². The highest BCUT2D eigenvalue weighted by molar-refractivity contribution is 9.09. The first-order valence-corrected chi connectivity index (χ1v) is 4.99. The summed E-state index contributed by atoms with van der Waals surface area (Å²) in [4.78, 5) is 4.55. The van der Waals surface area contributed by atoms with Crippen LogP contribution in [0.4, 0.5) is 0 Å². The molecular formula is C8H11BrN2O. The summed E-state index contributed by atoms with van der Waals surface area (Å²) in [7, 11) is 0. The molecule has 0 aromatic rings. The molecule has 2 heterocycles. The van der Waals surface area contributed by atoms with Crippen LogP contribution in [0.2, 0.25) is 0 Å². The van der Waals surface area contributed by atoms with E-state index in [0.717, 1.165) is 24.7 Å². The SMILES string of the molecule is CC1C=NC2=C(OCCN2)C1Br. The van der Waals surface area contributed by atoms with E-state index in [4.69, 9.17) is 4.74 Å². The number of hydrogen-bond donors (Lipinski definition) is 1. The second-order valence-corrected chi connectivity index (χ2v) is 4.01. The summed E-state index contributed by atoms with van der Waals surface area (Å²) in [6.45, 7) is 3.71. The number of alkyl halides is 1. The number of hydrogen-bond acceptors (Lipinski definition) is 3. The fourth-order valence-corrected chi connectivity index (χ4v) is 1.80. The molecule has 0 saturated carbocycles. The van der Waals surface area contributed by atoms with Crippen molar-refractivity contribution in [1.82, 2.24) is 5.32 Å². The van der Waals surface area contributed by atoms with Crippen molar-refractivity contribution in [3.05, 3.63) is 11.6 Å². The third-order valence-corrected chi connectivity index (χ3v) is 3.29. The van der Waals surface area contributed by atoms with Crippen LogP contribution < -0.4 is 5.32 Å². The number of aliphatic imine (C=N–C) groups is 1. The molecule has 0 amide bonds. The second-order valence-electron chi connectivity index (χ2n) is 3.03. The van der Waals surface area contributed by atoms with Crippen LogP contribution in [0.3, 0.4) is 0 Å². The maximum absolute atomic E-state index is 5.52. The quantitative estimate of drug-likeness (QED) is 0.637. The molecule has 0 aliphatic carbocycles. The minimum Gasteiger partial charge on any atom is -0.491 e. The van der Waals surface area contributed by atoms with E-state index < -0.39 is 0 Å². The summed E-state index contributed by atoms with van der Waals surface area (Å²) in [6.07, 6.45) is 1.94. The number of halogens is 1. The Morgan fingerprint density at radius 3 is 3.42 bits per heavy atom. The lowest BCUT2D eigenvalue weighted by atomic mass is 10.1. The highest BCUT2D eigenvalue weighted by Gasteiger charge is 2.27. The van der Waals surface area contributed by atoms with Gasteiger partial charge in [-0.3, -0.25) is 0 Å². The lowest BCUT2D eigenvalue weighted by molar-refractivity contribution is 0.178. The van der Waals surface area contributed by atoms with Gasteiger partial charge in [0.2, 0.25) is 0 Å². The Hall–Kier alpha value is -0.510. The summed E-state index contributed by atoms with van der Waals surface area (Å²) in [5, 5.41) is 3.20. The summed E-state index contributed by atoms with van der Waals surface area (Å²) in [6, 6.07) is 0. The average molecular weight is 231 g/mol. The normalized spacial score (nSPS) is 33.8. The zero-order valence-corrected chi connectivity index (χ0v) is 8.47. The Balaban J connectivity index is 2.28. The van der Waals surface area contributed by atoms with E-state index in [2.05, 4.69) is 33.2 Å². The average Bonchev–Trinajstić information content (AvgIpc) is 2.12. The van der Waals surface area contributed by atoms with Crippen LogP contribution in [-0.4, -0.2) is 24.2 Å². The van der Waals surface area contributed by atoms with Crippen molar-refractivity contribution < 1.29 is 4.74 Å². The van der Waals surface area contributed by atoms with E-state index in [1.54, 1.807) is 0 Å². The fraction of sp³-hybridized carbons (Fsp3) is 0.625. The van der Waals surface area contributed by atoms with Crippen molar-refractivity contribution in [3.63, 3.8) is 0 Å². The predicted octanol–water partition coefficient (Wildman–Crippen LogP) is 1.26. The van der Waals surface area contributed by atoms with E-state index in [-0.39, 0.29) is 4.83 Å². The maximum atomic E-state index is 5.52. The van der Waals surface area contributed by atoms with E-state index >= 15 is 0 Å². The van der Waals surface area contributed by atoms with Crippen LogP contribution in [0.1, 0.15) is 6.92 Å². The van der Waals surface area contributed by atoms with Crippen molar-refractivity contribution in [1.29, 1.82) is 0 Å². The van der Waals surface area contributed by atoms with Crippen LogP contribution >= 0.6 is 15.9 Å². The largest absolute Gasteiger partial charge is 0.491 e. The molecule has 0 bridgehead atoms. The lowest BCUT2D eigenvalue weighted by Crippen LogP contribution is -2.34. The van der Waals surface area contributed by atoms with Gasteiger partial charge in [0.05, 0.1) is 11.4 Å². The molecule has 0 aromatic carbocycles. The first kappa shape index (κ1) is 8.10. The summed E-state index contributed by atoms with van der Waals surface area (Å²) >= 11 is 3.58. The van der Waals surface area contributed by atoms with Gasteiger partial charge in [-0.1, -0.05) is 22.9 Å². The van der Waals surface area contributed by atoms with Gasteiger partial charge in [0.25, 0.3) is 0 Å². The fourth-order valence-electron chi connectivity index (χ4n) is 1.31. The van der Waals surface area contributed by atoms with E-state index in [1.165, 1.54) is 0 Å². The standard InChI is InChI=1S/C8H11BrN2O/c1-5-4-11-8-7(6(5)9)12-3-2-10-8/h4-6,10H,2-3H2,1H3. The first-order chi connectivity index (χ1) is 5.79. The zero-order chi connectivity index (χ0) is 8.55. The predicted molar refractivity (Wildman–Crippen MR) is 51.4 cm³/mol. The van der Waals surface area contributed by atoms with E-state index in [9.17, 15) is 0 Å². The number of nitrogens with zero attached hydrogens (tertiary/aromatic N) is 1. The molecule has 0 fully saturated rings. The molecule has 2 unspecified atom stereocenters. The van der Waals surface area contributed by atoms with Gasteiger partial charge in [-0.15, -0.1) is 0 Å². The zero-order valence-electron chi connectivity index (χ0n) is 6.88. The van der Waals surface area contributed by atoms with E-state index in [0.29, 0.717) is 5.92 Å². The smallest absolute Gasteiger partial charge is 0.165 e. The number of rotatable bonds is 0. The van der Waals surface area contributed by atoms with Gasteiger partial charge < -0.3 is 10.1 Å². The van der Waals surface area contributed by atoms with Crippen LogP contribution in [0.25, 0.3) is 0 Å². The minimum absolute atomic E-state index is 0.276. The molecule has 2 aliphatic rings. The van der Waals surface area contributed by atoms with Crippen LogP contribution in [0.15, 0.2) is 16.6 Å². The van der Waals surface area contributed by atoms with Crippen molar-refractivity contribution in [3.8, 4) is 0 Å². The molecule has 66 valence electrons. The van der Waals surface area contributed by atoms with Gasteiger partial charge >= 0.3 is 0 Å². The van der Waals surface area contributed by atoms with Crippen LogP contribution in [0, 0.1) is 5.92 Å². The Kier molecular flexibility index (Phi) is 2.09. The molecule has 4 heteroatoms. The molecule has 2 atom stereocenters. The summed E-state index contributed by atoms with van der Waals surface area (Å²) in [5.74, 6) is 2.25. The van der Waals surface area contributed by atoms with Crippen molar-refractivity contribution in [2.45, 2.75) is 11.8 Å². The Morgan fingerprint density at radius 1 is 1.75 bits per heavy atom.